The van der Waals surface area contributed by atoms with Crippen LogP contribution < -0.4 is 4.74 Å². The summed E-state index contributed by atoms with van der Waals surface area (Å²) in [4.78, 5) is 0. The van der Waals surface area contributed by atoms with E-state index < -0.39 is 0 Å². The second-order valence-electron chi connectivity index (χ2n) is 6.90. The Morgan fingerprint density at radius 2 is 1.89 bits per heavy atom. The Morgan fingerprint density at radius 3 is 2.61 bits per heavy atom. The van der Waals surface area contributed by atoms with Gasteiger partial charge >= 0.3 is 0 Å². The number of aliphatic hydroxyl groups is 1. The van der Waals surface area contributed by atoms with E-state index in [1.807, 2.05) is 30.3 Å². The highest BCUT2D eigenvalue weighted by atomic mass is 16.5. The summed E-state index contributed by atoms with van der Waals surface area (Å²) in [5.74, 6) is 7.61. The first kappa shape index (κ1) is 19.7. The summed E-state index contributed by atoms with van der Waals surface area (Å²) >= 11 is 0. The van der Waals surface area contributed by atoms with Gasteiger partial charge in [0.25, 0.3) is 0 Å². The first-order chi connectivity index (χ1) is 13.8. The third-order valence-electron chi connectivity index (χ3n) is 5.04. The number of allylic oxidation sites excluding steroid dienone is 2. The van der Waals surface area contributed by atoms with E-state index in [-0.39, 0.29) is 6.61 Å². The van der Waals surface area contributed by atoms with Crippen molar-refractivity contribution in [1.82, 2.24) is 0 Å². The maximum atomic E-state index is 9.09. The first-order valence-electron chi connectivity index (χ1n) is 9.77. The highest BCUT2D eigenvalue weighted by Gasteiger charge is 2.18. The van der Waals surface area contributed by atoms with Crippen molar-refractivity contribution in [2.45, 2.75) is 38.5 Å². The minimum Gasteiger partial charge on any atom is -0.497 e. The van der Waals surface area contributed by atoms with E-state index in [2.05, 4.69) is 30.0 Å². The highest BCUT2D eigenvalue weighted by molar-refractivity contribution is 5.99. The summed E-state index contributed by atoms with van der Waals surface area (Å²) < 4.78 is 5.41. The molecule has 1 N–H and O–H groups in total. The molecule has 0 amide bonds. The maximum Gasteiger partial charge on any atom is 0.119 e. The van der Waals surface area contributed by atoms with E-state index >= 15 is 0 Å². The molecule has 0 saturated carbocycles. The quantitative estimate of drug-likeness (QED) is 0.596. The van der Waals surface area contributed by atoms with Gasteiger partial charge in [-0.25, -0.2) is 0 Å². The number of aliphatic hydroxyl groups excluding tert-OH is 1. The molecule has 2 aromatic rings. The second kappa shape index (κ2) is 9.79. The molecular weight excluding hydrogens is 346 g/mol. The van der Waals surface area contributed by atoms with Gasteiger partial charge in [-0.2, -0.15) is 5.26 Å². The summed E-state index contributed by atoms with van der Waals surface area (Å²) in [5.41, 5.74) is 6.55. The predicted octanol–water partition coefficient (Wildman–Crippen LogP) is 4.98. The minimum absolute atomic E-state index is 0.212. The van der Waals surface area contributed by atoms with E-state index in [0.29, 0.717) is 5.56 Å². The fourth-order valence-electron chi connectivity index (χ4n) is 3.54. The van der Waals surface area contributed by atoms with Crippen LogP contribution in [0.25, 0.3) is 11.1 Å². The number of methoxy groups -OCH3 is 1. The van der Waals surface area contributed by atoms with Gasteiger partial charge in [0.2, 0.25) is 0 Å². The van der Waals surface area contributed by atoms with Gasteiger partial charge < -0.3 is 9.84 Å². The van der Waals surface area contributed by atoms with Crippen molar-refractivity contribution in [3.63, 3.8) is 0 Å². The van der Waals surface area contributed by atoms with Gasteiger partial charge in [0.05, 0.1) is 18.7 Å². The van der Waals surface area contributed by atoms with Gasteiger partial charge in [0.15, 0.2) is 0 Å². The smallest absolute Gasteiger partial charge is 0.119 e. The third-order valence-corrected chi connectivity index (χ3v) is 5.04. The monoisotopic (exact) mass is 371 g/mol. The van der Waals surface area contributed by atoms with Crippen LogP contribution >= 0.6 is 0 Å². The summed E-state index contributed by atoms with van der Waals surface area (Å²) in [6.07, 6.45) is 5.44. The lowest BCUT2D eigenvalue weighted by atomic mass is 9.92. The Bertz CT molecular complexity index is 953. The van der Waals surface area contributed by atoms with Gasteiger partial charge in [0, 0.05) is 18.6 Å². The zero-order chi connectivity index (χ0) is 19.8. The van der Waals surface area contributed by atoms with Gasteiger partial charge in [0.1, 0.15) is 5.75 Å². The van der Waals surface area contributed by atoms with Gasteiger partial charge in [-0.15, -0.1) is 0 Å². The molecule has 28 heavy (non-hydrogen) atoms. The number of unbranched alkanes of at least 4 members (excludes halogenated alkanes) is 2. The summed E-state index contributed by atoms with van der Waals surface area (Å²) in [7, 11) is 1.69. The molecule has 0 aromatic heterocycles. The van der Waals surface area contributed by atoms with Crippen molar-refractivity contribution in [3.8, 4) is 23.7 Å². The molecule has 0 heterocycles. The Morgan fingerprint density at radius 1 is 1.07 bits per heavy atom. The van der Waals surface area contributed by atoms with E-state index in [9.17, 15) is 0 Å². The van der Waals surface area contributed by atoms with E-state index in [0.717, 1.165) is 55.4 Å². The summed E-state index contributed by atoms with van der Waals surface area (Å²) in [6, 6.07) is 16.2. The van der Waals surface area contributed by atoms with Crippen molar-refractivity contribution in [2.75, 3.05) is 13.7 Å². The molecule has 0 bridgehead atoms. The van der Waals surface area contributed by atoms with Crippen molar-refractivity contribution in [3.05, 3.63) is 64.7 Å². The predicted molar refractivity (Wildman–Crippen MR) is 113 cm³/mol. The SMILES string of the molecule is COc1ccc2c(c1)CCCC(c1ccc(C#N)cc1)=C2C#CCCCCO. The van der Waals surface area contributed by atoms with Crippen LogP contribution in [0.15, 0.2) is 42.5 Å². The van der Waals surface area contributed by atoms with E-state index in [4.69, 9.17) is 15.1 Å². The Balaban J connectivity index is 2.08. The average molecular weight is 371 g/mol. The van der Waals surface area contributed by atoms with Crippen LogP contribution in [0.3, 0.4) is 0 Å². The van der Waals surface area contributed by atoms with Crippen LogP contribution in [0.5, 0.6) is 5.75 Å². The molecule has 0 radical (unpaired) electrons. The number of aryl methyl sites for hydroxylation is 1. The number of hydrogen-bond donors (Lipinski definition) is 1. The molecule has 0 saturated heterocycles. The second-order valence-corrected chi connectivity index (χ2v) is 6.90. The molecule has 142 valence electrons. The van der Waals surface area contributed by atoms with Crippen molar-refractivity contribution in [1.29, 1.82) is 5.26 Å². The molecule has 3 rings (SSSR count). The first-order valence-corrected chi connectivity index (χ1v) is 9.77. The normalized spacial score (nSPS) is 13.0. The Kier molecular flexibility index (Phi) is 6.90. The van der Waals surface area contributed by atoms with Gasteiger partial charge in [-0.1, -0.05) is 24.0 Å². The number of rotatable bonds is 5. The Hall–Kier alpha value is -3.01. The number of nitrogens with zero attached hydrogens (tertiary/aromatic N) is 1. The molecular formula is C25H25NO2. The number of nitriles is 1. The average Bonchev–Trinajstić information content (AvgIpc) is 2.92. The topological polar surface area (TPSA) is 53.2 Å². The largest absolute Gasteiger partial charge is 0.497 e. The molecule has 3 heteroatoms. The lowest BCUT2D eigenvalue weighted by Crippen LogP contribution is -1.94. The van der Waals surface area contributed by atoms with Gasteiger partial charge in [-0.3, -0.25) is 0 Å². The van der Waals surface area contributed by atoms with Gasteiger partial charge in [-0.05, 0) is 84.7 Å². The zero-order valence-electron chi connectivity index (χ0n) is 16.3. The molecule has 0 fully saturated rings. The number of hydrogen-bond acceptors (Lipinski definition) is 3. The molecule has 3 nitrogen and oxygen atoms in total. The van der Waals surface area contributed by atoms with Crippen LogP contribution in [0.1, 0.15) is 54.4 Å². The van der Waals surface area contributed by atoms with Crippen LogP contribution in [0.2, 0.25) is 0 Å². The maximum absolute atomic E-state index is 9.09. The lowest BCUT2D eigenvalue weighted by Gasteiger charge is -2.12. The standard InChI is InChI=1S/C25H25NO2/c1-28-22-14-15-24-21(17-22)7-6-9-23(20-12-10-19(18-26)11-13-20)25(24)8-4-2-3-5-16-27/h10-15,17,27H,2-3,5-7,9,16H2,1H3. The number of fused-ring (bicyclic) bond motifs is 1. The van der Waals surface area contributed by atoms with Crippen LogP contribution in [0, 0.1) is 23.2 Å². The van der Waals surface area contributed by atoms with Crippen LogP contribution in [-0.2, 0) is 6.42 Å². The number of benzene rings is 2. The molecule has 1 aliphatic carbocycles. The van der Waals surface area contributed by atoms with Crippen LogP contribution in [0.4, 0.5) is 0 Å². The van der Waals surface area contributed by atoms with E-state index in [1.54, 1.807) is 7.11 Å². The molecule has 0 unspecified atom stereocenters. The molecule has 0 spiro atoms. The fraction of sp³-hybridized carbons (Fsp3) is 0.320. The zero-order valence-corrected chi connectivity index (χ0v) is 16.3. The summed E-state index contributed by atoms with van der Waals surface area (Å²) in [5, 5.41) is 18.1. The molecule has 0 aliphatic heterocycles. The minimum atomic E-state index is 0.212. The van der Waals surface area contributed by atoms with Crippen molar-refractivity contribution in [2.24, 2.45) is 0 Å². The van der Waals surface area contributed by atoms with E-state index in [1.165, 1.54) is 16.7 Å². The lowest BCUT2D eigenvalue weighted by molar-refractivity contribution is 0.285. The van der Waals surface area contributed by atoms with Crippen LogP contribution in [-0.4, -0.2) is 18.8 Å². The van der Waals surface area contributed by atoms with Crippen molar-refractivity contribution < 1.29 is 9.84 Å². The highest BCUT2D eigenvalue weighted by Crippen LogP contribution is 2.37. The van der Waals surface area contributed by atoms with Crippen molar-refractivity contribution >= 4 is 11.1 Å². The number of ether oxygens (including phenoxy) is 1. The Labute approximate surface area is 167 Å². The molecule has 1 aliphatic rings. The summed E-state index contributed by atoms with van der Waals surface area (Å²) in [6.45, 7) is 0.212. The fourth-order valence-corrected chi connectivity index (χ4v) is 3.54. The molecule has 2 aromatic carbocycles. The third kappa shape index (κ3) is 4.63. The molecule has 0 atom stereocenters.